The number of carbonyl (C=O) groups excluding carboxylic acids is 1. The molecular formula is C13H11BrN2O3. The molecule has 5 nitrogen and oxygen atoms in total. The van der Waals surface area contributed by atoms with Crippen LogP contribution in [0.2, 0.25) is 0 Å². The zero-order valence-electron chi connectivity index (χ0n) is 10.0. The Kier molecular flexibility index (Phi) is 3.71. The van der Waals surface area contributed by atoms with Crippen LogP contribution in [0.4, 0.5) is 5.82 Å². The van der Waals surface area contributed by atoms with E-state index in [1.807, 2.05) is 0 Å². The lowest BCUT2D eigenvalue weighted by Crippen LogP contribution is -2.13. The number of hydrogen-bond acceptors (Lipinski definition) is 4. The molecule has 19 heavy (non-hydrogen) atoms. The number of para-hydroxylation sites is 1. The Morgan fingerprint density at radius 1 is 1.26 bits per heavy atom. The molecule has 0 aliphatic heterocycles. The molecule has 1 amide bonds. The van der Waals surface area contributed by atoms with E-state index in [1.165, 1.54) is 18.2 Å². The number of rotatable bonds is 2. The van der Waals surface area contributed by atoms with Crippen LogP contribution in [-0.2, 0) is 0 Å². The molecule has 1 aromatic heterocycles. The predicted molar refractivity (Wildman–Crippen MR) is 74.4 cm³/mol. The summed E-state index contributed by atoms with van der Waals surface area (Å²) in [6.45, 7) is 1.80. The van der Waals surface area contributed by atoms with Crippen LogP contribution >= 0.6 is 15.9 Å². The average Bonchev–Trinajstić information content (AvgIpc) is 2.37. The smallest absolute Gasteiger partial charge is 0.260 e. The molecule has 0 saturated carbocycles. The van der Waals surface area contributed by atoms with Gasteiger partial charge >= 0.3 is 0 Å². The summed E-state index contributed by atoms with van der Waals surface area (Å²) in [6, 6.07) is 7.59. The Bertz CT molecular complexity index is 644. The largest absolute Gasteiger partial charge is 0.504 e. The summed E-state index contributed by atoms with van der Waals surface area (Å²) in [5, 5.41) is 21.5. The number of aromatic hydroxyl groups is 2. The molecule has 0 spiro atoms. The number of nitrogens with zero attached hydrogens (tertiary/aromatic N) is 1. The number of aromatic nitrogens is 1. The molecule has 1 aromatic carbocycles. The first-order valence-electron chi connectivity index (χ1n) is 5.44. The van der Waals surface area contributed by atoms with Gasteiger partial charge in [0.25, 0.3) is 5.91 Å². The highest BCUT2D eigenvalue weighted by atomic mass is 79.9. The normalized spacial score (nSPS) is 10.2. The van der Waals surface area contributed by atoms with E-state index in [1.54, 1.807) is 19.1 Å². The quantitative estimate of drug-likeness (QED) is 0.742. The molecule has 0 aliphatic carbocycles. The summed E-state index contributed by atoms with van der Waals surface area (Å²) in [5.74, 6) is -0.961. The molecular weight excluding hydrogens is 312 g/mol. The van der Waals surface area contributed by atoms with Crippen LogP contribution in [0.5, 0.6) is 11.5 Å². The zero-order valence-corrected chi connectivity index (χ0v) is 11.6. The number of phenols is 2. The maximum absolute atomic E-state index is 11.9. The molecule has 1 heterocycles. The number of halogens is 1. The van der Waals surface area contributed by atoms with Gasteiger partial charge in [-0.25, -0.2) is 4.98 Å². The predicted octanol–water partition coefficient (Wildman–Crippen LogP) is 2.82. The van der Waals surface area contributed by atoms with Crippen molar-refractivity contribution in [2.75, 3.05) is 5.32 Å². The fourth-order valence-corrected chi connectivity index (χ4v) is 1.73. The SMILES string of the molecule is Cc1nc(NC(=O)c2cccc(O)c2O)ccc1Br. The van der Waals surface area contributed by atoms with Crippen molar-refractivity contribution in [2.45, 2.75) is 6.92 Å². The Balaban J connectivity index is 2.26. The summed E-state index contributed by atoms with van der Waals surface area (Å²) < 4.78 is 0.839. The van der Waals surface area contributed by atoms with Crippen LogP contribution in [0, 0.1) is 6.92 Å². The fourth-order valence-electron chi connectivity index (χ4n) is 1.51. The lowest BCUT2D eigenvalue weighted by atomic mass is 10.1. The molecule has 0 bridgehead atoms. The van der Waals surface area contributed by atoms with E-state index in [9.17, 15) is 15.0 Å². The minimum atomic E-state index is -0.539. The summed E-state index contributed by atoms with van der Waals surface area (Å²) >= 11 is 3.31. The minimum absolute atomic E-state index is 0.0117. The van der Waals surface area contributed by atoms with E-state index in [-0.39, 0.29) is 11.3 Å². The number of nitrogens with one attached hydrogen (secondary N) is 1. The van der Waals surface area contributed by atoms with Gasteiger partial charge in [-0.05, 0) is 47.1 Å². The van der Waals surface area contributed by atoms with Gasteiger partial charge in [-0.15, -0.1) is 0 Å². The van der Waals surface area contributed by atoms with Crippen molar-refractivity contribution in [1.82, 2.24) is 4.98 Å². The van der Waals surface area contributed by atoms with Crippen molar-refractivity contribution >= 4 is 27.7 Å². The molecule has 0 unspecified atom stereocenters. The number of hydrogen-bond donors (Lipinski definition) is 3. The number of phenolic OH excluding ortho intramolecular Hbond substituents is 2. The Morgan fingerprint density at radius 3 is 2.68 bits per heavy atom. The first-order valence-corrected chi connectivity index (χ1v) is 6.24. The van der Waals surface area contributed by atoms with E-state index >= 15 is 0 Å². The molecule has 0 radical (unpaired) electrons. The third-order valence-corrected chi connectivity index (χ3v) is 3.36. The Hall–Kier alpha value is -2.08. The van der Waals surface area contributed by atoms with E-state index < -0.39 is 11.7 Å². The highest BCUT2D eigenvalue weighted by Crippen LogP contribution is 2.28. The molecule has 6 heteroatoms. The van der Waals surface area contributed by atoms with Gasteiger partial charge in [0.15, 0.2) is 11.5 Å². The monoisotopic (exact) mass is 322 g/mol. The molecule has 0 saturated heterocycles. The summed E-state index contributed by atoms with van der Waals surface area (Å²) in [7, 11) is 0. The summed E-state index contributed by atoms with van der Waals surface area (Å²) in [6.07, 6.45) is 0. The first kappa shape index (κ1) is 13.4. The summed E-state index contributed by atoms with van der Waals surface area (Å²) in [5.41, 5.74) is 0.723. The van der Waals surface area contributed by atoms with E-state index in [4.69, 9.17) is 0 Å². The maximum atomic E-state index is 11.9. The number of benzene rings is 1. The molecule has 0 aliphatic rings. The van der Waals surface area contributed by atoms with Crippen LogP contribution in [0.15, 0.2) is 34.8 Å². The Labute approximate surface area is 118 Å². The van der Waals surface area contributed by atoms with Crippen molar-refractivity contribution in [3.63, 3.8) is 0 Å². The highest BCUT2D eigenvalue weighted by molar-refractivity contribution is 9.10. The average molecular weight is 323 g/mol. The van der Waals surface area contributed by atoms with Crippen LogP contribution in [0.3, 0.4) is 0 Å². The number of carbonyl (C=O) groups is 1. The first-order chi connectivity index (χ1) is 8.99. The third kappa shape index (κ3) is 2.85. The topological polar surface area (TPSA) is 82.5 Å². The minimum Gasteiger partial charge on any atom is -0.504 e. The van der Waals surface area contributed by atoms with Crippen LogP contribution in [-0.4, -0.2) is 21.1 Å². The second-order valence-corrected chi connectivity index (χ2v) is 4.75. The van der Waals surface area contributed by atoms with Crippen molar-refractivity contribution in [3.05, 3.63) is 46.1 Å². The van der Waals surface area contributed by atoms with E-state index in [0.29, 0.717) is 5.82 Å². The van der Waals surface area contributed by atoms with Gasteiger partial charge in [-0.2, -0.15) is 0 Å². The van der Waals surface area contributed by atoms with Crippen molar-refractivity contribution in [1.29, 1.82) is 0 Å². The maximum Gasteiger partial charge on any atom is 0.260 e. The van der Waals surface area contributed by atoms with E-state index in [0.717, 1.165) is 10.2 Å². The highest BCUT2D eigenvalue weighted by Gasteiger charge is 2.14. The standard InChI is InChI=1S/C13H11BrN2O3/c1-7-9(14)5-6-11(15-7)16-13(19)8-3-2-4-10(17)12(8)18/h2-6,17-18H,1H3,(H,15,16,19). The second kappa shape index (κ2) is 5.27. The summed E-state index contributed by atoms with van der Waals surface area (Å²) in [4.78, 5) is 16.1. The van der Waals surface area contributed by atoms with Crippen LogP contribution in [0.25, 0.3) is 0 Å². The number of amides is 1. The molecule has 0 fully saturated rings. The van der Waals surface area contributed by atoms with Gasteiger partial charge in [-0.3, -0.25) is 4.79 Å². The van der Waals surface area contributed by atoms with Crippen molar-refractivity contribution in [2.24, 2.45) is 0 Å². The van der Waals surface area contributed by atoms with E-state index in [2.05, 4.69) is 26.2 Å². The number of anilines is 1. The van der Waals surface area contributed by atoms with Gasteiger partial charge in [-0.1, -0.05) is 6.07 Å². The third-order valence-electron chi connectivity index (χ3n) is 2.52. The number of aryl methyl sites for hydroxylation is 1. The van der Waals surface area contributed by atoms with Gasteiger partial charge < -0.3 is 15.5 Å². The lowest BCUT2D eigenvalue weighted by Gasteiger charge is -2.08. The van der Waals surface area contributed by atoms with Gasteiger partial charge in [0.1, 0.15) is 5.82 Å². The van der Waals surface area contributed by atoms with Crippen LogP contribution < -0.4 is 5.32 Å². The van der Waals surface area contributed by atoms with Gasteiger partial charge in [0.2, 0.25) is 0 Å². The molecule has 2 rings (SSSR count). The molecule has 2 aromatic rings. The second-order valence-electron chi connectivity index (χ2n) is 3.89. The van der Waals surface area contributed by atoms with Gasteiger partial charge in [0.05, 0.1) is 11.3 Å². The molecule has 0 atom stereocenters. The van der Waals surface area contributed by atoms with Crippen molar-refractivity contribution in [3.8, 4) is 11.5 Å². The molecule has 98 valence electrons. The van der Waals surface area contributed by atoms with Crippen LogP contribution in [0.1, 0.15) is 16.1 Å². The Morgan fingerprint density at radius 2 is 2.00 bits per heavy atom. The molecule has 3 N–H and O–H groups in total. The fraction of sp³-hybridized carbons (Fsp3) is 0.0769. The zero-order chi connectivity index (χ0) is 14.0. The van der Waals surface area contributed by atoms with Crippen molar-refractivity contribution < 1.29 is 15.0 Å². The van der Waals surface area contributed by atoms with Gasteiger partial charge in [0, 0.05) is 4.47 Å². The number of pyridine rings is 1. The lowest BCUT2D eigenvalue weighted by molar-refractivity contribution is 0.102.